The van der Waals surface area contributed by atoms with Crippen LogP contribution in [0, 0.1) is 5.92 Å². The molecule has 5 heteroatoms. The number of nitrogens with zero attached hydrogens (tertiary/aromatic N) is 1. The number of phenols is 2. The largest absolute Gasteiger partial charge is 0.507 e. The number of hydrogen-bond acceptors (Lipinski definition) is 4. The third-order valence-electron chi connectivity index (χ3n) is 3.88. The zero-order valence-electron chi connectivity index (χ0n) is 9.97. The van der Waals surface area contributed by atoms with Gasteiger partial charge in [-0.1, -0.05) is 6.07 Å². The first-order valence-electron chi connectivity index (χ1n) is 6.20. The number of benzene rings is 1. The average molecular weight is 248 g/mol. The number of carbonyl (C=O) groups excluding carboxylic acids is 1. The molecule has 2 atom stereocenters. The van der Waals surface area contributed by atoms with Crippen molar-refractivity contribution in [3.63, 3.8) is 0 Å². The lowest BCUT2D eigenvalue weighted by Gasteiger charge is -2.18. The lowest BCUT2D eigenvalue weighted by Crippen LogP contribution is -2.34. The smallest absolute Gasteiger partial charge is 0.261 e. The summed E-state index contributed by atoms with van der Waals surface area (Å²) in [6.07, 6.45) is 1.08. The summed E-state index contributed by atoms with van der Waals surface area (Å²) in [4.78, 5) is 14.0. The second-order valence-electron chi connectivity index (χ2n) is 4.99. The fourth-order valence-electron chi connectivity index (χ4n) is 2.92. The second-order valence-corrected chi connectivity index (χ2v) is 4.99. The van der Waals surface area contributed by atoms with Gasteiger partial charge in [-0.2, -0.15) is 0 Å². The Labute approximate surface area is 105 Å². The topological polar surface area (TPSA) is 72.8 Å². The van der Waals surface area contributed by atoms with E-state index >= 15 is 0 Å². The number of amides is 1. The molecule has 3 N–H and O–H groups in total. The van der Waals surface area contributed by atoms with E-state index in [1.807, 2.05) is 0 Å². The quantitative estimate of drug-likeness (QED) is 0.678. The van der Waals surface area contributed by atoms with Crippen LogP contribution < -0.4 is 5.32 Å². The first kappa shape index (κ1) is 11.3. The van der Waals surface area contributed by atoms with Gasteiger partial charge in [0, 0.05) is 19.1 Å². The molecule has 1 aromatic carbocycles. The van der Waals surface area contributed by atoms with Crippen molar-refractivity contribution >= 4 is 5.91 Å². The Hall–Kier alpha value is -1.75. The highest BCUT2D eigenvalue weighted by Gasteiger charge is 2.39. The van der Waals surface area contributed by atoms with Crippen LogP contribution in [0.5, 0.6) is 11.5 Å². The van der Waals surface area contributed by atoms with Gasteiger partial charge in [0.25, 0.3) is 5.91 Å². The maximum atomic E-state index is 12.3. The van der Waals surface area contributed by atoms with E-state index in [2.05, 4.69) is 5.32 Å². The number of fused-ring (bicyclic) bond motifs is 1. The number of rotatable bonds is 1. The molecule has 96 valence electrons. The van der Waals surface area contributed by atoms with E-state index in [1.165, 1.54) is 18.2 Å². The molecule has 1 amide bonds. The van der Waals surface area contributed by atoms with E-state index in [4.69, 9.17) is 0 Å². The summed E-state index contributed by atoms with van der Waals surface area (Å²) in [5, 5.41) is 22.8. The number of aromatic hydroxyl groups is 2. The van der Waals surface area contributed by atoms with Gasteiger partial charge >= 0.3 is 0 Å². The Morgan fingerprint density at radius 1 is 1.28 bits per heavy atom. The van der Waals surface area contributed by atoms with Crippen molar-refractivity contribution in [2.45, 2.75) is 12.5 Å². The first-order chi connectivity index (χ1) is 8.66. The number of hydrogen-bond donors (Lipinski definition) is 3. The van der Waals surface area contributed by atoms with Gasteiger partial charge in [-0.15, -0.1) is 0 Å². The highest BCUT2D eigenvalue weighted by molar-refractivity contribution is 5.99. The lowest BCUT2D eigenvalue weighted by molar-refractivity contribution is 0.0776. The number of phenolic OH excluding ortho intramolecular Hbond substituents is 2. The van der Waals surface area contributed by atoms with Crippen molar-refractivity contribution in [3.05, 3.63) is 23.8 Å². The van der Waals surface area contributed by atoms with Crippen molar-refractivity contribution in [3.8, 4) is 11.5 Å². The van der Waals surface area contributed by atoms with E-state index in [9.17, 15) is 15.0 Å². The molecule has 0 aromatic heterocycles. The Balaban J connectivity index is 1.83. The predicted molar refractivity (Wildman–Crippen MR) is 65.6 cm³/mol. The van der Waals surface area contributed by atoms with Crippen LogP contribution in [0.15, 0.2) is 18.2 Å². The fourth-order valence-corrected chi connectivity index (χ4v) is 2.92. The van der Waals surface area contributed by atoms with Crippen molar-refractivity contribution < 1.29 is 15.0 Å². The molecule has 0 aliphatic carbocycles. The number of carbonyl (C=O) groups is 1. The summed E-state index contributed by atoms with van der Waals surface area (Å²) in [6, 6.07) is 4.72. The van der Waals surface area contributed by atoms with E-state index in [1.54, 1.807) is 4.90 Å². The molecular formula is C13H16N2O3. The third kappa shape index (κ3) is 1.71. The van der Waals surface area contributed by atoms with E-state index in [-0.39, 0.29) is 23.0 Å². The molecule has 3 rings (SSSR count). The Kier molecular flexibility index (Phi) is 2.63. The zero-order valence-corrected chi connectivity index (χ0v) is 9.97. The number of nitrogens with one attached hydrogen (secondary N) is 1. The van der Waals surface area contributed by atoms with Crippen LogP contribution in [-0.4, -0.2) is 46.7 Å². The van der Waals surface area contributed by atoms with Gasteiger partial charge in [0.05, 0.1) is 0 Å². The van der Waals surface area contributed by atoms with Gasteiger partial charge in [-0.3, -0.25) is 4.79 Å². The predicted octanol–water partition coefficient (Wildman–Crippen LogP) is 0.532. The molecule has 2 aliphatic rings. The maximum absolute atomic E-state index is 12.3. The molecule has 0 bridgehead atoms. The summed E-state index contributed by atoms with van der Waals surface area (Å²) >= 11 is 0. The molecule has 18 heavy (non-hydrogen) atoms. The van der Waals surface area contributed by atoms with Gasteiger partial charge < -0.3 is 20.4 Å². The van der Waals surface area contributed by atoms with Crippen molar-refractivity contribution in [1.29, 1.82) is 0 Å². The molecule has 0 radical (unpaired) electrons. The van der Waals surface area contributed by atoms with Crippen molar-refractivity contribution in [2.75, 3.05) is 19.6 Å². The molecule has 0 unspecified atom stereocenters. The monoisotopic (exact) mass is 248 g/mol. The molecule has 2 aliphatic heterocycles. The van der Waals surface area contributed by atoms with Crippen LogP contribution in [0.1, 0.15) is 16.8 Å². The van der Waals surface area contributed by atoms with Crippen molar-refractivity contribution in [1.82, 2.24) is 10.2 Å². The van der Waals surface area contributed by atoms with Gasteiger partial charge in [0.15, 0.2) is 0 Å². The second kappa shape index (κ2) is 4.17. The summed E-state index contributed by atoms with van der Waals surface area (Å²) in [6.45, 7) is 2.36. The summed E-state index contributed by atoms with van der Waals surface area (Å²) in [7, 11) is 0. The Morgan fingerprint density at radius 2 is 2.00 bits per heavy atom. The van der Waals surface area contributed by atoms with Gasteiger partial charge in [-0.05, 0) is 31.0 Å². The third-order valence-corrected chi connectivity index (χ3v) is 3.88. The van der Waals surface area contributed by atoms with Gasteiger partial charge in [-0.25, -0.2) is 0 Å². The Morgan fingerprint density at radius 3 is 2.67 bits per heavy atom. The minimum Gasteiger partial charge on any atom is -0.507 e. The van der Waals surface area contributed by atoms with E-state index in [0.717, 1.165) is 13.0 Å². The summed E-state index contributed by atoms with van der Waals surface area (Å²) in [5.41, 5.74) is 0.0115. The normalized spacial score (nSPS) is 26.3. The number of likely N-dealkylation sites (tertiary alicyclic amines) is 1. The van der Waals surface area contributed by atoms with Crippen LogP contribution in [0.2, 0.25) is 0 Å². The van der Waals surface area contributed by atoms with Gasteiger partial charge in [0.2, 0.25) is 0 Å². The zero-order chi connectivity index (χ0) is 12.7. The molecule has 5 nitrogen and oxygen atoms in total. The molecule has 2 heterocycles. The minimum absolute atomic E-state index is 0.0115. The van der Waals surface area contributed by atoms with E-state index < -0.39 is 0 Å². The molecule has 0 spiro atoms. The minimum atomic E-state index is -0.290. The molecule has 2 fully saturated rings. The van der Waals surface area contributed by atoms with Gasteiger partial charge in [0.1, 0.15) is 17.1 Å². The molecule has 0 saturated carbocycles. The molecule has 2 saturated heterocycles. The van der Waals surface area contributed by atoms with Crippen LogP contribution >= 0.6 is 0 Å². The van der Waals surface area contributed by atoms with Crippen LogP contribution in [0.4, 0.5) is 0 Å². The molecular weight excluding hydrogens is 232 g/mol. The summed E-state index contributed by atoms with van der Waals surface area (Å²) in [5.74, 6) is -0.112. The van der Waals surface area contributed by atoms with Crippen LogP contribution in [0.3, 0.4) is 0 Å². The standard InChI is InChI=1S/C13H16N2O3/c16-10-2-1-3-11(17)12(10)13(18)15-6-8-4-5-14-9(8)7-15/h1-3,8-9,14,16-17H,4-7H2/t8-,9+/m0/s1. The lowest BCUT2D eigenvalue weighted by atomic mass is 10.1. The molecule has 1 aromatic rings. The Bertz CT molecular complexity index is 457. The van der Waals surface area contributed by atoms with Crippen molar-refractivity contribution in [2.24, 2.45) is 5.92 Å². The van der Waals surface area contributed by atoms with Crippen LogP contribution in [0.25, 0.3) is 0 Å². The highest BCUT2D eigenvalue weighted by Crippen LogP contribution is 2.31. The van der Waals surface area contributed by atoms with Crippen LogP contribution in [-0.2, 0) is 0 Å². The maximum Gasteiger partial charge on any atom is 0.261 e. The SMILES string of the molecule is O=C(c1c(O)cccc1O)N1C[C@@H]2CCN[C@@H]2C1. The first-order valence-corrected chi connectivity index (χ1v) is 6.20. The summed E-state index contributed by atoms with van der Waals surface area (Å²) < 4.78 is 0. The fraction of sp³-hybridized carbons (Fsp3) is 0.462. The average Bonchev–Trinajstić information content (AvgIpc) is 2.88. The van der Waals surface area contributed by atoms with E-state index in [0.29, 0.717) is 25.0 Å². The highest BCUT2D eigenvalue weighted by atomic mass is 16.3.